The molecule has 1 aromatic heterocycles. The maximum absolute atomic E-state index is 4.42. The molecule has 1 saturated carbocycles. The Hall–Kier alpha value is -0.440. The largest absolute Gasteiger partial charge is 0.337 e. The number of aryl methyl sites for hydroxylation is 2. The first kappa shape index (κ1) is 8.17. The van der Waals surface area contributed by atoms with Crippen LogP contribution in [0.1, 0.15) is 24.2 Å². The molecule has 0 atom stereocenters. The zero-order valence-electron chi connectivity index (χ0n) is 7.55. The summed E-state index contributed by atoms with van der Waals surface area (Å²) in [6, 6.07) is 0. The molecule has 3 heteroatoms. The van der Waals surface area contributed by atoms with Crippen LogP contribution in [-0.4, -0.2) is 15.7 Å². The van der Waals surface area contributed by atoms with Crippen molar-refractivity contribution in [2.75, 3.05) is 5.75 Å². The Balaban J connectivity index is 1.93. The molecule has 0 radical (unpaired) electrons. The molecule has 2 rings (SSSR count). The van der Waals surface area contributed by atoms with Crippen LogP contribution in [0.15, 0.2) is 5.16 Å². The zero-order chi connectivity index (χ0) is 8.55. The van der Waals surface area contributed by atoms with Crippen LogP contribution in [0.2, 0.25) is 0 Å². The van der Waals surface area contributed by atoms with Gasteiger partial charge in [0, 0.05) is 11.4 Å². The van der Waals surface area contributed by atoms with E-state index in [4.69, 9.17) is 0 Å². The van der Waals surface area contributed by atoms with Gasteiger partial charge >= 0.3 is 0 Å². The quantitative estimate of drug-likeness (QED) is 0.728. The third-order valence-electron chi connectivity index (χ3n) is 2.26. The van der Waals surface area contributed by atoms with Crippen molar-refractivity contribution in [1.29, 1.82) is 0 Å². The number of hydrogen-bond acceptors (Lipinski definition) is 2. The number of aromatic nitrogens is 2. The molecule has 0 aromatic carbocycles. The van der Waals surface area contributed by atoms with E-state index in [1.54, 1.807) is 0 Å². The van der Waals surface area contributed by atoms with E-state index < -0.39 is 0 Å². The molecule has 1 N–H and O–H groups in total. The van der Waals surface area contributed by atoms with Gasteiger partial charge in [0.05, 0.1) is 5.69 Å². The minimum absolute atomic E-state index is 0.973. The van der Waals surface area contributed by atoms with Gasteiger partial charge in [-0.3, -0.25) is 0 Å². The Morgan fingerprint density at radius 2 is 2.25 bits per heavy atom. The van der Waals surface area contributed by atoms with Crippen LogP contribution >= 0.6 is 11.8 Å². The van der Waals surface area contributed by atoms with Gasteiger partial charge in [0.25, 0.3) is 0 Å². The van der Waals surface area contributed by atoms with E-state index in [1.165, 1.54) is 24.3 Å². The number of hydrogen-bond donors (Lipinski definition) is 1. The Morgan fingerprint density at radius 1 is 1.50 bits per heavy atom. The number of nitrogens with one attached hydrogen (secondary N) is 1. The first-order valence-corrected chi connectivity index (χ1v) is 5.40. The summed E-state index contributed by atoms with van der Waals surface area (Å²) >= 11 is 1.86. The predicted octanol–water partition coefficient (Wildman–Crippen LogP) is 2.53. The molecule has 1 heterocycles. The SMILES string of the molecule is Cc1nc(SCC2CC2)[nH]c1C. The smallest absolute Gasteiger partial charge is 0.165 e. The zero-order valence-corrected chi connectivity index (χ0v) is 8.37. The summed E-state index contributed by atoms with van der Waals surface area (Å²) in [5.74, 6) is 2.22. The van der Waals surface area contributed by atoms with Gasteiger partial charge in [0.15, 0.2) is 5.16 Å². The minimum atomic E-state index is 0.973. The van der Waals surface area contributed by atoms with E-state index in [0.29, 0.717) is 0 Å². The lowest BCUT2D eigenvalue weighted by Crippen LogP contribution is -1.82. The van der Waals surface area contributed by atoms with Crippen molar-refractivity contribution < 1.29 is 0 Å². The normalized spacial score (nSPS) is 16.8. The summed E-state index contributed by atoms with van der Waals surface area (Å²) < 4.78 is 0. The molecule has 0 unspecified atom stereocenters. The number of H-pyrrole nitrogens is 1. The summed E-state index contributed by atoms with van der Waals surface area (Å²) in [4.78, 5) is 7.70. The van der Waals surface area contributed by atoms with Crippen molar-refractivity contribution in [3.05, 3.63) is 11.4 Å². The predicted molar refractivity (Wildman–Crippen MR) is 51.5 cm³/mol. The Labute approximate surface area is 77.2 Å². The number of rotatable bonds is 3. The molecule has 0 saturated heterocycles. The summed E-state index contributed by atoms with van der Waals surface area (Å²) in [6.45, 7) is 4.12. The van der Waals surface area contributed by atoms with Crippen LogP contribution in [0.4, 0.5) is 0 Å². The number of aromatic amines is 1. The standard InChI is InChI=1S/C9H14N2S/c1-6-7(2)11-9(10-6)12-5-8-3-4-8/h8H,3-5H2,1-2H3,(H,10,11). The van der Waals surface area contributed by atoms with E-state index in [2.05, 4.69) is 16.9 Å². The molecule has 1 fully saturated rings. The fourth-order valence-corrected chi connectivity index (χ4v) is 2.22. The van der Waals surface area contributed by atoms with Crippen LogP contribution in [0, 0.1) is 19.8 Å². The average Bonchev–Trinajstić information content (AvgIpc) is 2.78. The van der Waals surface area contributed by atoms with E-state index in [0.717, 1.165) is 16.8 Å². The second-order valence-corrected chi connectivity index (χ2v) is 4.52. The highest BCUT2D eigenvalue weighted by Crippen LogP contribution is 2.34. The molecule has 2 nitrogen and oxygen atoms in total. The van der Waals surface area contributed by atoms with E-state index >= 15 is 0 Å². The molecule has 1 aliphatic rings. The van der Waals surface area contributed by atoms with Crippen LogP contribution in [-0.2, 0) is 0 Å². The summed E-state index contributed by atoms with van der Waals surface area (Å²) in [5, 5.41) is 1.09. The third-order valence-corrected chi connectivity index (χ3v) is 3.36. The topological polar surface area (TPSA) is 28.7 Å². The lowest BCUT2D eigenvalue weighted by Gasteiger charge is -1.92. The highest BCUT2D eigenvalue weighted by atomic mass is 32.2. The minimum Gasteiger partial charge on any atom is -0.337 e. The van der Waals surface area contributed by atoms with Crippen molar-refractivity contribution in [2.24, 2.45) is 5.92 Å². The van der Waals surface area contributed by atoms with Crippen molar-refractivity contribution in [1.82, 2.24) is 9.97 Å². The third kappa shape index (κ3) is 1.83. The van der Waals surface area contributed by atoms with E-state index in [1.807, 2.05) is 18.7 Å². The van der Waals surface area contributed by atoms with Crippen molar-refractivity contribution in [3.63, 3.8) is 0 Å². The van der Waals surface area contributed by atoms with Crippen molar-refractivity contribution >= 4 is 11.8 Å². The Morgan fingerprint density at radius 3 is 2.75 bits per heavy atom. The molecule has 66 valence electrons. The van der Waals surface area contributed by atoms with Crippen LogP contribution in [0.3, 0.4) is 0 Å². The Kier molecular flexibility index (Phi) is 2.13. The molecule has 0 spiro atoms. The van der Waals surface area contributed by atoms with E-state index in [9.17, 15) is 0 Å². The molecule has 0 aliphatic heterocycles. The second-order valence-electron chi connectivity index (χ2n) is 3.51. The van der Waals surface area contributed by atoms with Crippen LogP contribution in [0.25, 0.3) is 0 Å². The second kappa shape index (κ2) is 3.13. The monoisotopic (exact) mass is 182 g/mol. The van der Waals surface area contributed by atoms with Gasteiger partial charge < -0.3 is 4.98 Å². The average molecular weight is 182 g/mol. The van der Waals surface area contributed by atoms with Gasteiger partial charge in [0.1, 0.15) is 0 Å². The number of imidazole rings is 1. The molecule has 0 bridgehead atoms. The summed E-state index contributed by atoms with van der Waals surface area (Å²) in [7, 11) is 0. The molecule has 1 aromatic rings. The van der Waals surface area contributed by atoms with Gasteiger partial charge in [-0.15, -0.1) is 0 Å². The highest BCUT2D eigenvalue weighted by Gasteiger charge is 2.21. The molecular weight excluding hydrogens is 168 g/mol. The first-order valence-electron chi connectivity index (χ1n) is 4.41. The van der Waals surface area contributed by atoms with Gasteiger partial charge in [-0.05, 0) is 32.6 Å². The van der Waals surface area contributed by atoms with E-state index in [-0.39, 0.29) is 0 Å². The van der Waals surface area contributed by atoms with Gasteiger partial charge in [-0.2, -0.15) is 0 Å². The van der Waals surface area contributed by atoms with Gasteiger partial charge in [-0.25, -0.2) is 4.98 Å². The Bertz CT molecular complexity index is 257. The first-order chi connectivity index (χ1) is 5.75. The van der Waals surface area contributed by atoms with Crippen LogP contribution in [0.5, 0.6) is 0 Å². The number of thioether (sulfide) groups is 1. The van der Waals surface area contributed by atoms with Crippen LogP contribution < -0.4 is 0 Å². The fourth-order valence-electron chi connectivity index (χ4n) is 1.06. The van der Waals surface area contributed by atoms with Gasteiger partial charge in [0.2, 0.25) is 0 Å². The molecular formula is C9H14N2S. The highest BCUT2D eigenvalue weighted by molar-refractivity contribution is 7.99. The van der Waals surface area contributed by atoms with Crippen molar-refractivity contribution in [2.45, 2.75) is 31.8 Å². The van der Waals surface area contributed by atoms with Crippen molar-refractivity contribution in [3.8, 4) is 0 Å². The lowest BCUT2D eigenvalue weighted by atomic mass is 10.4. The maximum Gasteiger partial charge on any atom is 0.165 e. The summed E-state index contributed by atoms with van der Waals surface area (Å²) in [6.07, 6.45) is 2.84. The molecule has 0 amide bonds. The molecule has 12 heavy (non-hydrogen) atoms. The maximum atomic E-state index is 4.42. The molecule has 1 aliphatic carbocycles. The summed E-state index contributed by atoms with van der Waals surface area (Å²) in [5.41, 5.74) is 2.33. The van der Waals surface area contributed by atoms with Gasteiger partial charge in [-0.1, -0.05) is 11.8 Å². The number of nitrogens with zero attached hydrogens (tertiary/aromatic N) is 1. The fraction of sp³-hybridized carbons (Fsp3) is 0.667. The lowest BCUT2D eigenvalue weighted by molar-refractivity contribution is 0.976.